The molecule has 0 radical (unpaired) electrons. The van der Waals surface area contributed by atoms with Crippen LogP contribution in [-0.2, 0) is 6.54 Å². The highest BCUT2D eigenvalue weighted by Crippen LogP contribution is 2.27. The largest absolute Gasteiger partial charge is 0.457 e. The molecular formula is C22H25N5O. The molecule has 2 aromatic heterocycles. The second-order valence-corrected chi connectivity index (χ2v) is 7.10. The van der Waals surface area contributed by atoms with Gasteiger partial charge in [0.15, 0.2) is 0 Å². The molecule has 4 aromatic rings. The summed E-state index contributed by atoms with van der Waals surface area (Å²) < 4.78 is 6.00. The Kier molecular flexibility index (Phi) is 5.39. The van der Waals surface area contributed by atoms with Gasteiger partial charge in [-0.15, -0.1) is 0 Å². The van der Waals surface area contributed by atoms with Crippen LogP contribution in [0.25, 0.3) is 22.3 Å². The first kappa shape index (κ1) is 18.3. The molecule has 0 aliphatic heterocycles. The number of imidazole rings is 1. The van der Waals surface area contributed by atoms with E-state index >= 15 is 0 Å². The highest BCUT2D eigenvalue weighted by Gasteiger charge is 2.07. The van der Waals surface area contributed by atoms with Crippen molar-refractivity contribution in [3.05, 3.63) is 60.6 Å². The van der Waals surface area contributed by atoms with E-state index in [0.717, 1.165) is 52.7 Å². The quantitative estimate of drug-likeness (QED) is 0.410. The zero-order valence-corrected chi connectivity index (χ0v) is 16.2. The molecule has 3 N–H and O–H groups in total. The van der Waals surface area contributed by atoms with Crippen LogP contribution in [0, 0.1) is 5.92 Å². The second-order valence-electron chi connectivity index (χ2n) is 7.10. The molecular weight excluding hydrogens is 350 g/mol. The first-order valence-corrected chi connectivity index (χ1v) is 9.68. The first-order chi connectivity index (χ1) is 13.7. The zero-order chi connectivity index (χ0) is 19.3. The molecule has 2 aromatic carbocycles. The number of rotatable bonds is 8. The molecule has 0 amide bonds. The van der Waals surface area contributed by atoms with Gasteiger partial charge in [-0.05, 0) is 60.5 Å². The molecule has 0 saturated heterocycles. The monoisotopic (exact) mass is 375 g/mol. The number of H-pyrrole nitrogens is 2. The van der Waals surface area contributed by atoms with Crippen LogP contribution in [0.15, 0.2) is 54.7 Å². The van der Waals surface area contributed by atoms with Crippen LogP contribution in [0.5, 0.6) is 11.5 Å². The molecule has 0 aliphatic rings. The third kappa shape index (κ3) is 4.23. The number of fused-ring (bicyclic) bond motifs is 1. The third-order valence-electron chi connectivity index (χ3n) is 4.89. The summed E-state index contributed by atoms with van der Waals surface area (Å²) in [6, 6.07) is 15.8. The van der Waals surface area contributed by atoms with Crippen LogP contribution >= 0.6 is 0 Å². The minimum Gasteiger partial charge on any atom is -0.457 e. The lowest BCUT2D eigenvalue weighted by Gasteiger charge is -2.08. The Morgan fingerprint density at radius 2 is 1.89 bits per heavy atom. The van der Waals surface area contributed by atoms with Crippen LogP contribution in [0.3, 0.4) is 0 Å². The van der Waals surface area contributed by atoms with Gasteiger partial charge < -0.3 is 15.0 Å². The van der Waals surface area contributed by atoms with Crippen LogP contribution in [0.4, 0.5) is 0 Å². The minimum absolute atomic E-state index is 0.670. The maximum atomic E-state index is 6.00. The van der Waals surface area contributed by atoms with Crippen molar-refractivity contribution in [2.24, 2.45) is 5.92 Å². The number of ether oxygens (including phenoxy) is 1. The molecule has 0 saturated carbocycles. The SMILES string of the molecule is CC[C@@H](C)CNCc1nc2cc(Oc3ccc(-c4ccn[nH]4)cc3)ccc2[nH]1. The van der Waals surface area contributed by atoms with Crippen molar-refractivity contribution >= 4 is 11.0 Å². The summed E-state index contributed by atoms with van der Waals surface area (Å²) in [6.45, 7) is 6.19. The summed E-state index contributed by atoms with van der Waals surface area (Å²) in [7, 11) is 0. The number of nitrogens with zero attached hydrogens (tertiary/aromatic N) is 2. The highest BCUT2D eigenvalue weighted by molar-refractivity contribution is 5.77. The molecule has 0 aliphatic carbocycles. The smallest absolute Gasteiger partial charge is 0.129 e. The predicted molar refractivity (Wildman–Crippen MR) is 111 cm³/mol. The molecule has 0 unspecified atom stereocenters. The minimum atomic E-state index is 0.670. The molecule has 6 nitrogen and oxygen atoms in total. The Balaban J connectivity index is 1.43. The lowest BCUT2D eigenvalue weighted by atomic mass is 10.1. The van der Waals surface area contributed by atoms with E-state index in [0.29, 0.717) is 5.92 Å². The van der Waals surface area contributed by atoms with E-state index in [2.05, 4.69) is 39.3 Å². The van der Waals surface area contributed by atoms with Crippen molar-refractivity contribution in [1.82, 2.24) is 25.5 Å². The first-order valence-electron chi connectivity index (χ1n) is 9.68. The van der Waals surface area contributed by atoms with Crippen LogP contribution in [-0.4, -0.2) is 26.7 Å². The normalized spacial score (nSPS) is 12.4. The van der Waals surface area contributed by atoms with E-state index in [1.165, 1.54) is 6.42 Å². The molecule has 0 fully saturated rings. The maximum Gasteiger partial charge on any atom is 0.129 e. The van der Waals surface area contributed by atoms with E-state index in [9.17, 15) is 0 Å². The van der Waals surface area contributed by atoms with Crippen molar-refractivity contribution in [2.75, 3.05) is 6.54 Å². The lowest BCUT2D eigenvalue weighted by molar-refractivity contribution is 0.483. The van der Waals surface area contributed by atoms with Gasteiger partial charge in [-0.1, -0.05) is 20.3 Å². The number of benzene rings is 2. The average molecular weight is 375 g/mol. The number of nitrogens with one attached hydrogen (secondary N) is 3. The van der Waals surface area contributed by atoms with E-state index in [1.54, 1.807) is 6.20 Å². The Bertz CT molecular complexity index is 1020. The van der Waals surface area contributed by atoms with E-state index in [-0.39, 0.29) is 0 Å². The van der Waals surface area contributed by atoms with Gasteiger partial charge in [0, 0.05) is 12.3 Å². The average Bonchev–Trinajstić information content (AvgIpc) is 3.38. The third-order valence-corrected chi connectivity index (χ3v) is 4.89. The molecule has 144 valence electrons. The Morgan fingerprint density at radius 3 is 2.64 bits per heavy atom. The van der Waals surface area contributed by atoms with Gasteiger partial charge in [0.25, 0.3) is 0 Å². The summed E-state index contributed by atoms with van der Waals surface area (Å²) >= 11 is 0. The summed E-state index contributed by atoms with van der Waals surface area (Å²) in [4.78, 5) is 8.04. The molecule has 2 heterocycles. The van der Waals surface area contributed by atoms with Crippen LogP contribution in [0.2, 0.25) is 0 Å². The van der Waals surface area contributed by atoms with Crippen molar-refractivity contribution in [3.63, 3.8) is 0 Å². The lowest BCUT2D eigenvalue weighted by Crippen LogP contribution is -2.20. The molecule has 0 bridgehead atoms. The van der Waals surface area contributed by atoms with Gasteiger partial charge >= 0.3 is 0 Å². The number of aromatic nitrogens is 4. The fourth-order valence-electron chi connectivity index (χ4n) is 3.02. The van der Waals surface area contributed by atoms with Gasteiger partial charge in [0.05, 0.1) is 23.3 Å². The van der Waals surface area contributed by atoms with E-state index < -0.39 is 0 Å². The molecule has 28 heavy (non-hydrogen) atoms. The molecule has 6 heteroatoms. The Morgan fingerprint density at radius 1 is 1.07 bits per heavy atom. The van der Waals surface area contributed by atoms with Crippen molar-refractivity contribution in [3.8, 4) is 22.8 Å². The van der Waals surface area contributed by atoms with E-state index in [4.69, 9.17) is 4.74 Å². The fraction of sp³-hybridized carbons (Fsp3) is 0.273. The second kappa shape index (κ2) is 8.27. The zero-order valence-electron chi connectivity index (χ0n) is 16.2. The predicted octanol–water partition coefficient (Wildman–Crippen LogP) is 4.88. The number of hydrogen-bond acceptors (Lipinski definition) is 4. The fourth-order valence-corrected chi connectivity index (χ4v) is 3.02. The van der Waals surface area contributed by atoms with E-state index in [1.807, 2.05) is 48.5 Å². The molecule has 0 spiro atoms. The van der Waals surface area contributed by atoms with Crippen molar-refractivity contribution in [2.45, 2.75) is 26.8 Å². The van der Waals surface area contributed by atoms with Gasteiger partial charge in [0.1, 0.15) is 17.3 Å². The topological polar surface area (TPSA) is 78.6 Å². The van der Waals surface area contributed by atoms with Crippen molar-refractivity contribution < 1.29 is 4.74 Å². The standard InChI is InChI=1S/C22H25N5O/c1-3-15(2)13-23-14-22-25-20-9-8-18(12-21(20)26-22)28-17-6-4-16(5-7-17)19-10-11-24-27-19/h4-12,15,23H,3,13-14H2,1-2H3,(H,24,27)(H,25,26)/t15-/m1/s1. The van der Waals surface area contributed by atoms with Gasteiger partial charge in [-0.25, -0.2) is 4.98 Å². The summed E-state index contributed by atoms with van der Waals surface area (Å²) in [5, 5.41) is 10.4. The maximum absolute atomic E-state index is 6.00. The van der Waals surface area contributed by atoms with Gasteiger partial charge in [0.2, 0.25) is 0 Å². The summed E-state index contributed by atoms with van der Waals surface area (Å²) in [5.74, 6) is 3.17. The highest BCUT2D eigenvalue weighted by atomic mass is 16.5. The number of aromatic amines is 2. The van der Waals surface area contributed by atoms with Crippen LogP contribution < -0.4 is 10.1 Å². The summed E-state index contributed by atoms with van der Waals surface area (Å²) in [6.07, 6.45) is 2.92. The number of hydrogen-bond donors (Lipinski definition) is 3. The molecule has 4 rings (SSSR count). The van der Waals surface area contributed by atoms with Crippen molar-refractivity contribution in [1.29, 1.82) is 0 Å². The Hall–Kier alpha value is -3.12. The Labute approximate surface area is 164 Å². The van der Waals surface area contributed by atoms with Gasteiger partial charge in [-0.2, -0.15) is 5.10 Å². The summed E-state index contributed by atoms with van der Waals surface area (Å²) in [5.41, 5.74) is 3.98. The van der Waals surface area contributed by atoms with Gasteiger partial charge in [-0.3, -0.25) is 5.10 Å². The molecule has 1 atom stereocenters. The van der Waals surface area contributed by atoms with Crippen LogP contribution in [0.1, 0.15) is 26.1 Å².